The Bertz CT molecular complexity index is 421. The van der Waals surface area contributed by atoms with Crippen molar-refractivity contribution in [1.29, 1.82) is 0 Å². The highest BCUT2D eigenvalue weighted by molar-refractivity contribution is 5.64. The lowest BCUT2D eigenvalue weighted by molar-refractivity contribution is -0.384. The van der Waals surface area contributed by atoms with Gasteiger partial charge in [0.15, 0.2) is 0 Å². The van der Waals surface area contributed by atoms with Crippen molar-refractivity contribution in [3.05, 3.63) is 28.3 Å². The number of nitro benzene ring substituents is 1. The second-order valence-electron chi connectivity index (χ2n) is 4.32. The molecule has 0 amide bonds. The molecule has 0 aliphatic carbocycles. The molecule has 1 rings (SSSR count). The molecule has 100 valence electrons. The zero-order valence-corrected chi connectivity index (χ0v) is 10.7. The van der Waals surface area contributed by atoms with Crippen LogP contribution in [0.5, 0.6) is 5.75 Å². The van der Waals surface area contributed by atoms with Gasteiger partial charge in [0.25, 0.3) is 5.69 Å². The van der Waals surface area contributed by atoms with Gasteiger partial charge in [0.1, 0.15) is 11.4 Å². The Hall–Kier alpha value is -1.82. The van der Waals surface area contributed by atoms with Crippen molar-refractivity contribution in [2.75, 3.05) is 19.0 Å². The molecular weight excluding hydrogens is 236 g/mol. The SMILES string of the molecule is COc1ccc(N[C@H](CO)C(C)C)c([N+](=O)[O-])c1. The van der Waals surface area contributed by atoms with Gasteiger partial charge in [-0.3, -0.25) is 10.1 Å². The number of hydrogen-bond donors (Lipinski definition) is 2. The Morgan fingerprint density at radius 1 is 1.50 bits per heavy atom. The van der Waals surface area contributed by atoms with Gasteiger partial charge in [-0.05, 0) is 18.1 Å². The van der Waals surface area contributed by atoms with Crippen LogP contribution in [0.15, 0.2) is 18.2 Å². The first-order valence-electron chi connectivity index (χ1n) is 5.69. The van der Waals surface area contributed by atoms with Crippen molar-refractivity contribution in [3.63, 3.8) is 0 Å². The summed E-state index contributed by atoms with van der Waals surface area (Å²) in [4.78, 5) is 10.5. The number of aliphatic hydroxyl groups is 1. The lowest BCUT2D eigenvalue weighted by Crippen LogP contribution is -2.29. The molecule has 18 heavy (non-hydrogen) atoms. The topological polar surface area (TPSA) is 84.6 Å². The van der Waals surface area contributed by atoms with E-state index in [1.165, 1.54) is 13.2 Å². The Morgan fingerprint density at radius 3 is 2.61 bits per heavy atom. The highest BCUT2D eigenvalue weighted by Crippen LogP contribution is 2.30. The molecule has 0 saturated heterocycles. The van der Waals surface area contributed by atoms with Crippen LogP contribution in [0.25, 0.3) is 0 Å². The Morgan fingerprint density at radius 2 is 2.17 bits per heavy atom. The van der Waals surface area contributed by atoms with Crippen molar-refractivity contribution in [2.45, 2.75) is 19.9 Å². The zero-order valence-electron chi connectivity index (χ0n) is 10.7. The van der Waals surface area contributed by atoms with E-state index < -0.39 is 4.92 Å². The van der Waals surface area contributed by atoms with Crippen molar-refractivity contribution >= 4 is 11.4 Å². The number of rotatable bonds is 6. The lowest BCUT2D eigenvalue weighted by atomic mass is 10.0. The van der Waals surface area contributed by atoms with Crippen LogP contribution in [0.4, 0.5) is 11.4 Å². The van der Waals surface area contributed by atoms with E-state index in [1.807, 2.05) is 13.8 Å². The highest BCUT2D eigenvalue weighted by atomic mass is 16.6. The molecule has 1 aromatic rings. The maximum absolute atomic E-state index is 11.0. The molecule has 1 aromatic carbocycles. The zero-order chi connectivity index (χ0) is 13.7. The van der Waals surface area contributed by atoms with Gasteiger partial charge in [0.2, 0.25) is 0 Å². The predicted octanol–water partition coefficient (Wildman–Crippen LogP) is 2.03. The minimum Gasteiger partial charge on any atom is -0.496 e. The average molecular weight is 254 g/mol. The Balaban J connectivity index is 3.04. The predicted molar refractivity (Wildman–Crippen MR) is 69.0 cm³/mol. The molecule has 1 atom stereocenters. The Kier molecular flexibility index (Phi) is 4.91. The van der Waals surface area contributed by atoms with Gasteiger partial charge in [-0.25, -0.2) is 0 Å². The largest absolute Gasteiger partial charge is 0.496 e. The van der Waals surface area contributed by atoms with Crippen LogP contribution < -0.4 is 10.1 Å². The van der Waals surface area contributed by atoms with E-state index in [0.717, 1.165) is 0 Å². The minimum absolute atomic E-state index is 0.0616. The normalized spacial score (nSPS) is 12.3. The summed E-state index contributed by atoms with van der Waals surface area (Å²) in [6.45, 7) is 3.79. The first-order chi connectivity index (χ1) is 8.49. The second kappa shape index (κ2) is 6.20. The summed E-state index contributed by atoms with van der Waals surface area (Å²) in [7, 11) is 1.46. The lowest BCUT2D eigenvalue weighted by Gasteiger charge is -2.21. The summed E-state index contributed by atoms with van der Waals surface area (Å²) >= 11 is 0. The standard InChI is InChI=1S/C12H18N2O4/c1-8(2)11(7-15)13-10-5-4-9(18-3)6-12(10)14(16)17/h4-6,8,11,13,15H,7H2,1-3H3/t11-/m1/s1. The van der Waals surface area contributed by atoms with E-state index >= 15 is 0 Å². The fourth-order valence-corrected chi connectivity index (χ4v) is 1.53. The van der Waals surface area contributed by atoms with Gasteiger partial charge in [-0.2, -0.15) is 0 Å². The number of methoxy groups -OCH3 is 1. The van der Waals surface area contributed by atoms with E-state index in [9.17, 15) is 15.2 Å². The van der Waals surface area contributed by atoms with Crippen molar-refractivity contribution in [2.24, 2.45) is 5.92 Å². The van der Waals surface area contributed by atoms with E-state index in [0.29, 0.717) is 11.4 Å². The van der Waals surface area contributed by atoms with E-state index in [2.05, 4.69) is 5.32 Å². The molecule has 0 bridgehead atoms. The van der Waals surface area contributed by atoms with Crippen LogP contribution in [-0.4, -0.2) is 29.8 Å². The molecule has 0 aliphatic heterocycles. The number of aliphatic hydroxyl groups excluding tert-OH is 1. The van der Waals surface area contributed by atoms with Gasteiger partial charge in [-0.15, -0.1) is 0 Å². The van der Waals surface area contributed by atoms with Crippen LogP contribution in [0.2, 0.25) is 0 Å². The molecule has 0 aromatic heterocycles. The summed E-state index contributed by atoms with van der Waals surface area (Å²) < 4.78 is 4.96. The summed E-state index contributed by atoms with van der Waals surface area (Å²) in [6.07, 6.45) is 0. The number of nitro groups is 1. The maximum Gasteiger partial charge on any atom is 0.296 e. The van der Waals surface area contributed by atoms with Crippen molar-refractivity contribution in [3.8, 4) is 5.75 Å². The smallest absolute Gasteiger partial charge is 0.296 e. The average Bonchev–Trinajstić information content (AvgIpc) is 2.35. The van der Waals surface area contributed by atoms with Gasteiger partial charge >= 0.3 is 0 Å². The number of nitrogens with one attached hydrogen (secondary N) is 1. The fourth-order valence-electron chi connectivity index (χ4n) is 1.53. The maximum atomic E-state index is 11.0. The summed E-state index contributed by atoms with van der Waals surface area (Å²) in [5, 5.41) is 23.2. The molecule has 0 unspecified atom stereocenters. The molecule has 0 heterocycles. The fraction of sp³-hybridized carbons (Fsp3) is 0.500. The number of benzene rings is 1. The third kappa shape index (κ3) is 3.33. The second-order valence-corrected chi connectivity index (χ2v) is 4.32. The molecule has 2 N–H and O–H groups in total. The summed E-state index contributed by atoms with van der Waals surface area (Å²) in [5.74, 6) is 0.592. The molecule has 6 nitrogen and oxygen atoms in total. The van der Waals surface area contributed by atoms with E-state index in [-0.39, 0.29) is 24.3 Å². The monoisotopic (exact) mass is 254 g/mol. The highest BCUT2D eigenvalue weighted by Gasteiger charge is 2.19. The van der Waals surface area contributed by atoms with Crippen LogP contribution in [-0.2, 0) is 0 Å². The number of anilines is 1. The van der Waals surface area contributed by atoms with Crippen LogP contribution in [0.3, 0.4) is 0 Å². The first-order valence-corrected chi connectivity index (χ1v) is 5.69. The molecular formula is C12H18N2O4. The van der Waals surface area contributed by atoms with Crippen LogP contribution >= 0.6 is 0 Å². The molecule has 0 fully saturated rings. The van der Waals surface area contributed by atoms with Gasteiger partial charge in [-0.1, -0.05) is 13.8 Å². The molecule has 0 radical (unpaired) electrons. The molecule has 0 spiro atoms. The van der Waals surface area contributed by atoms with Gasteiger partial charge < -0.3 is 15.2 Å². The van der Waals surface area contributed by atoms with E-state index in [4.69, 9.17) is 4.74 Å². The number of ether oxygens (including phenoxy) is 1. The molecule has 0 aliphatic rings. The van der Waals surface area contributed by atoms with Gasteiger partial charge in [0.05, 0.1) is 30.7 Å². The first kappa shape index (κ1) is 14.2. The third-order valence-electron chi connectivity index (χ3n) is 2.74. The van der Waals surface area contributed by atoms with Crippen LogP contribution in [0, 0.1) is 16.0 Å². The quantitative estimate of drug-likeness (QED) is 0.599. The molecule has 6 heteroatoms. The molecule has 0 saturated carbocycles. The summed E-state index contributed by atoms with van der Waals surface area (Å²) in [6, 6.07) is 4.36. The number of nitrogens with zero attached hydrogens (tertiary/aromatic N) is 1. The van der Waals surface area contributed by atoms with Gasteiger partial charge in [0, 0.05) is 0 Å². The third-order valence-corrected chi connectivity index (χ3v) is 2.74. The van der Waals surface area contributed by atoms with Crippen molar-refractivity contribution in [1.82, 2.24) is 0 Å². The Labute approximate surface area is 106 Å². The summed E-state index contributed by atoms with van der Waals surface area (Å²) in [5.41, 5.74) is 0.321. The van der Waals surface area contributed by atoms with E-state index in [1.54, 1.807) is 12.1 Å². The van der Waals surface area contributed by atoms with Crippen LogP contribution in [0.1, 0.15) is 13.8 Å². The van der Waals surface area contributed by atoms with Crippen molar-refractivity contribution < 1.29 is 14.8 Å². The minimum atomic E-state index is -0.473. The number of hydrogen-bond acceptors (Lipinski definition) is 5.